The molecule has 0 spiro atoms. The number of hydrazine groups is 1. The van der Waals surface area contributed by atoms with Crippen LogP contribution in [0, 0.1) is 0 Å². The molecule has 0 bridgehead atoms. The number of thiocarbonyl (C=S) groups is 1. The highest BCUT2D eigenvalue weighted by Gasteiger charge is 2.14. The first-order valence-corrected chi connectivity index (χ1v) is 8.72. The number of carbonyl (C=O) groups is 2. The van der Waals surface area contributed by atoms with Crippen LogP contribution in [0.2, 0.25) is 0 Å². The lowest BCUT2D eigenvalue weighted by molar-refractivity contribution is 0.0931. The lowest BCUT2D eigenvalue weighted by atomic mass is 10.2. The molecule has 0 aliphatic rings. The lowest BCUT2D eigenvalue weighted by Crippen LogP contribution is -2.48. The maximum Gasteiger partial charge on any atom is 0.273 e. The Kier molecular flexibility index (Phi) is 7.31. The first kappa shape index (κ1) is 19.6. The van der Waals surface area contributed by atoms with Crippen LogP contribution < -0.4 is 20.9 Å². The number of ether oxygens (including phenoxy) is 1. The molecule has 2 aromatic rings. The Bertz CT molecular complexity index is 842. The van der Waals surface area contributed by atoms with Crippen LogP contribution in [0.15, 0.2) is 65.7 Å². The number of carbonyl (C=O) groups excluding carboxylic acids is 2. The fraction of sp³-hybridized carbons (Fsp3) is 0.0556. The van der Waals surface area contributed by atoms with Crippen LogP contribution in [-0.2, 0) is 0 Å². The minimum Gasteiger partial charge on any atom is -0.489 e. The smallest absolute Gasteiger partial charge is 0.273 e. The topological polar surface area (TPSA) is 79.5 Å². The fourth-order valence-electron chi connectivity index (χ4n) is 1.96. The van der Waals surface area contributed by atoms with Crippen molar-refractivity contribution in [2.75, 3.05) is 6.61 Å². The molecular weight excluding hydrogens is 418 g/mol. The summed E-state index contributed by atoms with van der Waals surface area (Å²) >= 11 is 8.32. The van der Waals surface area contributed by atoms with Crippen molar-refractivity contribution in [1.82, 2.24) is 16.2 Å². The van der Waals surface area contributed by atoms with Crippen LogP contribution in [0.1, 0.15) is 20.7 Å². The van der Waals surface area contributed by atoms with Crippen LogP contribution in [0.3, 0.4) is 0 Å². The maximum absolute atomic E-state index is 12.3. The molecule has 26 heavy (non-hydrogen) atoms. The standard InChI is InChI=1S/C18H16BrN3O3S/c1-2-11-25-15-10-6-4-8-13(15)17(24)21-22-18(26)20-16(23)12-7-3-5-9-14(12)19/h2-10H,1,11H2,(H,21,24)(H2,20,22,23,26). The summed E-state index contributed by atoms with van der Waals surface area (Å²) in [4.78, 5) is 24.4. The number of halogens is 1. The predicted octanol–water partition coefficient (Wildman–Crippen LogP) is 2.96. The van der Waals surface area contributed by atoms with Gasteiger partial charge >= 0.3 is 0 Å². The van der Waals surface area contributed by atoms with Crippen molar-refractivity contribution in [3.8, 4) is 5.75 Å². The first-order chi connectivity index (χ1) is 12.5. The first-order valence-electron chi connectivity index (χ1n) is 7.52. The molecule has 0 saturated carbocycles. The van der Waals surface area contributed by atoms with Gasteiger partial charge in [-0.3, -0.25) is 25.8 Å². The minimum atomic E-state index is -0.456. The summed E-state index contributed by atoms with van der Waals surface area (Å²) in [5.41, 5.74) is 5.66. The highest BCUT2D eigenvalue weighted by atomic mass is 79.9. The Morgan fingerprint density at radius 3 is 2.38 bits per heavy atom. The number of amides is 2. The van der Waals surface area contributed by atoms with E-state index in [1.165, 1.54) is 0 Å². The molecule has 2 rings (SSSR count). The SMILES string of the molecule is C=CCOc1ccccc1C(=O)NNC(=S)NC(=O)c1ccccc1Br. The molecule has 2 amide bonds. The molecule has 0 aliphatic heterocycles. The average molecular weight is 434 g/mol. The van der Waals surface area contributed by atoms with Crippen molar-refractivity contribution < 1.29 is 14.3 Å². The van der Waals surface area contributed by atoms with Crippen molar-refractivity contribution in [3.63, 3.8) is 0 Å². The molecule has 8 heteroatoms. The second-order valence-corrected chi connectivity index (χ2v) is 6.20. The summed E-state index contributed by atoms with van der Waals surface area (Å²) in [6, 6.07) is 13.7. The monoisotopic (exact) mass is 433 g/mol. The number of rotatable bonds is 5. The number of nitrogens with one attached hydrogen (secondary N) is 3. The lowest BCUT2D eigenvalue weighted by Gasteiger charge is -2.13. The Balaban J connectivity index is 1.93. The molecule has 6 nitrogen and oxygen atoms in total. The summed E-state index contributed by atoms with van der Waals surface area (Å²) in [6.07, 6.45) is 1.58. The maximum atomic E-state index is 12.3. The Hall–Kier alpha value is -2.71. The molecule has 0 unspecified atom stereocenters. The number of para-hydroxylation sites is 1. The van der Waals surface area contributed by atoms with Gasteiger partial charge in [-0.1, -0.05) is 36.9 Å². The van der Waals surface area contributed by atoms with Crippen LogP contribution in [-0.4, -0.2) is 23.5 Å². The number of hydrogen-bond donors (Lipinski definition) is 3. The van der Waals surface area contributed by atoms with Crippen LogP contribution in [0.25, 0.3) is 0 Å². The van der Waals surface area contributed by atoms with E-state index in [0.29, 0.717) is 21.3 Å². The normalized spacial score (nSPS) is 9.73. The molecule has 3 N–H and O–H groups in total. The third-order valence-electron chi connectivity index (χ3n) is 3.12. The van der Waals surface area contributed by atoms with E-state index in [4.69, 9.17) is 17.0 Å². The second kappa shape index (κ2) is 9.69. The molecule has 0 radical (unpaired) electrons. The van der Waals surface area contributed by atoms with Crippen molar-refractivity contribution in [3.05, 3.63) is 76.8 Å². The molecule has 0 saturated heterocycles. The summed E-state index contributed by atoms with van der Waals surface area (Å²) in [5, 5.41) is 2.45. The fourth-order valence-corrected chi connectivity index (χ4v) is 2.57. The van der Waals surface area contributed by atoms with Gasteiger partial charge in [-0.25, -0.2) is 0 Å². The van der Waals surface area contributed by atoms with Crippen molar-refractivity contribution in [2.45, 2.75) is 0 Å². The zero-order chi connectivity index (χ0) is 18.9. The average Bonchev–Trinajstić information content (AvgIpc) is 2.65. The van der Waals surface area contributed by atoms with Crippen molar-refractivity contribution in [2.24, 2.45) is 0 Å². The number of benzene rings is 2. The van der Waals surface area contributed by atoms with E-state index < -0.39 is 11.8 Å². The van der Waals surface area contributed by atoms with Crippen molar-refractivity contribution >= 4 is 45.1 Å². The van der Waals surface area contributed by atoms with Crippen molar-refractivity contribution in [1.29, 1.82) is 0 Å². The Labute approximate surface area is 164 Å². The van der Waals surface area contributed by atoms with Gasteiger partial charge in [0.25, 0.3) is 11.8 Å². The molecule has 0 atom stereocenters. The summed E-state index contributed by atoms with van der Waals surface area (Å²) in [7, 11) is 0. The van der Waals surface area contributed by atoms with E-state index in [2.05, 4.69) is 38.7 Å². The highest BCUT2D eigenvalue weighted by molar-refractivity contribution is 9.10. The second-order valence-electron chi connectivity index (χ2n) is 4.94. The highest BCUT2D eigenvalue weighted by Crippen LogP contribution is 2.17. The van der Waals surface area contributed by atoms with Gasteiger partial charge in [-0.2, -0.15) is 0 Å². The van der Waals surface area contributed by atoms with E-state index in [0.717, 1.165) is 0 Å². The Morgan fingerprint density at radius 1 is 1.04 bits per heavy atom. The van der Waals surface area contributed by atoms with Gasteiger partial charge in [0.1, 0.15) is 12.4 Å². The third-order valence-corrected chi connectivity index (χ3v) is 4.02. The predicted molar refractivity (Wildman–Crippen MR) is 107 cm³/mol. The summed E-state index contributed by atoms with van der Waals surface area (Å²) < 4.78 is 6.07. The molecule has 134 valence electrons. The van der Waals surface area contributed by atoms with Gasteiger partial charge < -0.3 is 4.74 Å². The van der Waals surface area contributed by atoms with Gasteiger partial charge in [-0.15, -0.1) is 0 Å². The van der Waals surface area contributed by atoms with E-state index in [9.17, 15) is 9.59 Å². The van der Waals surface area contributed by atoms with Crippen LogP contribution in [0.4, 0.5) is 0 Å². The summed E-state index contributed by atoms with van der Waals surface area (Å²) in [6.45, 7) is 3.85. The minimum absolute atomic E-state index is 0.0383. The van der Waals surface area contributed by atoms with E-state index >= 15 is 0 Å². The molecule has 2 aromatic carbocycles. The molecule has 0 heterocycles. The number of hydrogen-bond acceptors (Lipinski definition) is 4. The van der Waals surface area contributed by atoms with Gasteiger partial charge in [0.15, 0.2) is 5.11 Å². The third kappa shape index (κ3) is 5.40. The van der Waals surface area contributed by atoms with Gasteiger partial charge in [0, 0.05) is 4.47 Å². The molecule has 0 aliphatic carbocycles. The van der Waals surface area contributed by atoms with E-state index in [1.54, 1.807) is 54.6 Å². The van der Waals surface area contributed by atoms with Gasteiger partial charge in [0.05, 0.1) is 11.1 Å². The molecular formula is C18H16BrN3O3S. The van der Waals surface area contributed by atoms with E-state index in [-0.39, 0.29) is 11.7 Å². The van der Waals surface area contributed by atoms with Gasteiger partial charge in [0.2, 0.25) is 0 Å². The largest absolute Gasteiger partial charge is 0.489 e. The quantitative estimate of drug-likeness (QED) is 0.383. The van der Waals surface area contributed by atoms with Gasteiger partial charge in [-0.05, 0) is 52.4 Å². The zero-order valence-corrected chi connectivity index (χ0v) is 16.0. The zero-order valence-electron chi connectivity index (χ0n) is 13.6. The van der Waals surface area contributed by atoms with Crippen LogP contribution >= 0.6 is 28.1 Å². The Morgan fingerprint density at radius 2 is 1.69 bits per heavy atom. The molecule has 0 aromatic heterocycles. The van der Waals surface area contributed by atoms with E-state index in [1.807, 2.05) is 0 Å². The molecule has 0 fully saturated rings. The summed E-state index contributed by atoms with van der Waals surface area (Å²) in [5.74, 6) is -0.448. The van der Waals surface area contributed by atoms with Crippen LogP contribution in [0.5, 0.6) is 5.75 Å².